The molecule has 0 atom stereocenters. The summed E-state index contributed by atoms with van der Waals surface area (Å²) >= 11 is 0. The van der Waals surface area contributed by atoms with Crippen LogP contribution in [0.2, 0.25) is 0 Å². The quantitative estimate of drug-likeness (QED) is 0.237. The number of aliphatic hydroxyl groups is 2. The first kappa shape index (κ1) is 26.6. The lowest BCUT2D eigenvalue weighted by atomic mass is 10.0. The van der Waals surface area contributed by atoms with Crippen molar-refractivity contribution in [2.75, 3.05) is 26.4 Å². The molecule has 5 nitrogen and oxygen atoms in total. The summed E-state index contributed by atoms with van der Waals surface area (Å²) in [6.45, 7) is 1.48. The van der Waals surface area contributed by atoms with Crippen LogP contribution < -0.4 is 9.47 Å². The highest BCUT2D eigenvalue weighted by Gasteiger charge is 2.01. The summed E-state index contributed by atoms with van der Waals surface area (Å²) in [6.07, 6.45) is 3.86. The van der Waals surface area contributed by atoms with Gasteiger partial charge in [-0.1, -0.05) is 23.7 Å². The molecule has 0 aliphatic carbocycles. The van der Waals surface area contributed by atoms with E-state index in [4.69, 9.17) is 19.7 Å². The van der Waals surface area contributed by atoms with Crippen LogP contribution >= 0.6 is 0 Å². The highest BCUT2D eigenvalue weighted by molar-refractivity contribution is 5.80. The predicted octanol–water partition coefficient (Wildman–Crippen LogP) is 4.60. The first-order chi connectivity index (χ1) is 17.7. The summed E-state index contributed by atoms with van der Waals surface area (Å²) in [4.78, 5) is 11.6. The largest absolute Gasteiger partial charge is 0.494 e. The zero-order valence-corrected chi connectivity index (χ0v) is 20.2. The summed E-state index contributed by atoms with van der Waals surface area (Å²) in [6, 6.07) is 20.4. The highest BCUT2D eigenvalue weighted by Crippen LogP contribution is 2.15. The van der Waals surface area contributed by atoms with Gasteiger partial charge in [0, 0.05) is 41.0 Å². The van der Waals surface area contributed by atoms with Gasteiger partial charge in [0.25, 0.3) is 0 Å². The van der Waals surface area contributed by atoms with Gasteiger partial charge in [0.15, 0.2) is 6.29 Å². The molecule has 0 aromatic heterocycles. The van der Waals surface area contributed by atoms with Gasteiger partial charge in [-0.05, 0) is 92.4 Å². The molecule has 0 unspecified atom stereocenters. The third-order valence-electron chi connectivity index (χ3n) is 5.22. The molecular weight excluding hydrogens is 452 g/mol. The van der Waals surface area contributed by atoms with E-state index in [1.807, 2.05) is 60.7 Å². The third kappa shape index (κ3) is 8.96. The van der Waals surface area contributed by atoms with Crippen molar-refractivity contribution in [3.05, 3.63) is 94.5 Å². The standard InChI is InChI=1S/C31H30O5/c32-19-1-3-21-35-30-15-9-25(10-16-30)5-6-27-8-14-28(29(23-27)24-34)13-7-26-11-17-31(18-12-26)36-22-4-2-20-33/h8-12,14-18,23-24,32-33H,1-4,19-22H2. The van der Waals surface area contributed by atoms with Gasteiger partial charge in [0.05, 0.1) is 13.2 Å². The molecule has 0 aliphatic heterocycles. The smallest absolute Gasteiger partial charge is 0.151 e. The van der Waals surface area contributed by atoms with Crippen molar-refractivity contribution >= 4 is 6.29 Å². The monoisotopic (exact) mass is 482 g/mol. The van der Waals surface area contributed by atoms with E-state index in [1.54, 1.807) is 6.07 Å². The van der Waals surface area contributed by atoms with Crippen molar-refractivity contribution in [1.29, 1.82) is 0 Å². The minimum absolute atomic E-state index is 0.172. The lowest BCUT2D eigenvalue weighted by Crippen LogP contribution is -1.98. The Morgan fingerprint density at radius 1 is 0.611 bits per heavy atom. The second kappa shape index (κ2) is 15.1. The average molecular weight is 483 g/mol. The fourth-order valence-corrected chi connectivity index (χ4v) is 3.21. The Hall–Kier alpha value is -4.03. The molecule has 2 N–H and O–H groups in total. The van der Waals surface area contributed by atoms with Crippen LogP contribution in [0.5, 0.6) is 11.5 Å². The van der Waals surface area contributed by atoms with Crippen LogP contribution in [0.25, 0.3) is 0 Å². The van der Waals surface area contributed by atoms with Crippen molar-refractivity contribution in [2.45, 2.75) is 25.7 Å². The van der Waals surface area contributed by atoms with Crippen LogP contribution in [0.4, 0.5) is 0 Å². The summed E-state index contributed by atoms with van der Waals surface area (Å²) in [7, 11) is 0. The van der Waals surface area contributed by atoms with E-state index in [0.29, 0.717) is 24.3 Å². The summed E-state index contributed by atoms with van der Waals surface area (Å²) in [5.41, 5.74) is 3.52. The Kier molecular flexibility index (Phi) is 11.1. The SMILES string of the molecule is O=Cc1cc(C#Cc2ccc(OCCCCO)cc2)ccc1C#Cc1ccc(OCCCCO)cc1. The van der Waals surface area contributed by atoms with E-state index in [0.717, 1.165) is 60.2 Å². The van der Waals surface area contributed by atoms with Crippen molar-refractivity contribution in [3.8, 4) is 35.2 Å². The second-order valence-corrected chi connectivity index (χ2v) is 8.03. The Balaban J connectivity index is 1.61. The van der Waals surface area contributed by atoms with Crippen molar-refractivity contribution in [3.63, 3.8) is 0 Å². The third-order valence-corrected chi connectivity index (χ3v) is 5.22. The molecule has 0 bridgehead atoms. The van der Waals surface area contributed by atoms with E-state index in [2.05, 4.69) is 23.7 Å². The second-order valence-electron chi connectivity index (χ2n) is 8.03. The molecule has 3 rings (SSSR count). The van der Waals surface area contributed by atoms with Gasteiger partial charge in [-0.2, -0.15) is 0 Å². The normalized spacial score (nSPS) is 9.94. The predicted molar refractivity (Wildman–Crippen MR) is 140 cm³/mol. The number of carbonyl (C=O) groups excluding carboxylic acids is 1. The van der Waals surface area contributed by atoms with E-state index < -0.39 is 0 Å². The molecule has 3 aromatic carbocycles. The van der Waals surface area contributed by atoms with Crippen LogP contribution in [-0.2, 0) is 0 Å². The molecule has 0 aliphatic rings. The van der Waals surface area contributed by atoms with E-state index in [-0.39, 0.29) is 13.2 Å². The van der Waals surface area contributed by atoms with E-state index in [9.17, 15) is 4.79 Å². The van der Waals surface area contributed by atoms with Gasteiger partial charge in [0.2, 0.25) is 0 Å². The number of hydrogen-bond donors (Lipinski definition) is 2. The van der Waals surface area contributed by atoms with Gasteiger partial charge in [-0.15, -0.1) is 0 Å². The summed E-state index contributed by atoms with van der Waals surface area (Å²) < 4.78 is 11.3. The van der Waals surface area contributed by atoms with Crippen molar-refractivity contribution < 1.29 is 24.5 Å². The van der Waals surface area contributed by atoms with Crippen molar-refractivity contribution in [2.24, 2.45) is 0 Å². The van der Waals surface area contributed by atoms with Gasteiger partial charge < -0.3 is 19.7 Å². The van der Waals surface area contributed by atoms with Gasteiger partial charge in [-0.3, -0.25) is 4.79 Å². The fraction of sp³-hybridized carbons (Fsp3) is 0.258. The number of aliphatic hydroxyl groups excluding tert-OH is 2. The maximum absolute atomic E-state index is 11.6. The molecule has 5 heteroatoms. The lowest BCUT2D eigenvalue weighted by Gasteiger charge is -2.05. The Morgan fingerprint density at radius 3 is 1.58 bits per heavy atom. The zero-order valence-electron chi connectivity index (χ0n) is 20.2. The molecule has 0 heterocycles. The molecular formula is C31H30O5. The Morgan fingerprint density at radius 2 is 1.08 bits per heavy atom. The first-order valence-corrected chi connectivity index (χ1v) is 12.0. The maximum Gasteiger partial charge on any atom is 0.151 e. The van der Waals surface area contributed by atoms with Crippen LogP contribution in [0, 0.1) is 23.7 Å². The first-order valence-electron chi connectivity index (χ1n) is 12.0. The molecule has 36 heavy (non-hydrogen) atoms. The molecule has 3 aromatic rings. The van der Waals surface area contributed by atoms with Gasteiger partial charge in [-0.25, -0.2) is 0 Å². The number of rotatable bonds is 11. The van der Waals surface area contributed by atoms with Crippen molar-refractivity contribution in [1.82, 2.24) is 0 Å². The van der Waals surface area contributed by atoms with Gasteiger partial charge in [0.1, 0.15) is 11.5 Å². The molecule has 0 saturated carbocycles. The fourth-order valence-electron chi connectivity index (χ4n) is 3.21. The highest BCUT2D eigenvalue weighted by atomic mass is 16.5. The minimum Gasteiger partial charge on any atom is -0.494 e. The molecule has 0 amide bonds. The number of benzene rings is 3. The number of unbranched alkanes of at least 4 members (excludes halogenated alkanes) is 2. The number of ether oxygens (including phenoxy) is 2. The molecule has 184 valence electrons. The molecule has 0 fully saturated rings. The van der Waals surface area contributed by atoms with E-state index in [1.165, 1.54) is 0 Å². The molecule has 0 saturated heterocycles. The van der Waals surface area contributed by atoms with Gasteiger partial charge >= 0.3 is 0 Å². The zero-order chi connectivity index (χ0) is 25.4. The molecule has 0 radical (unpaired) electrons. The lowest BCUT2D eigenvalue weighted by molar-refractivity contribution is 0.112. The maximum atomic E-state index is 11.6. The van der Waals surface area contributed by atoms with Crippen LogP contribution in [0.15, 0.2) is 66.7 Å². The number of carbonyl (C=O) groups is 1. The van der Waals surface area contributed by atoms with Crippen LogP contribution in [0.1, 0.15) is 58.3 Å². The Bertz CT molecular complexity index is 1220. The number of aldehydes is 1. The van der Waals surface area contributed by atoms with Crippen LogP contribution in [-0.4, -0.2) is 42.9 Å². The Labute approximate surface area is 212 Å². The topological polar surface area (TPSA) is 76.0 Å². The summed E-state index contributed by atoms with van der Waals surface area (Å²) in [5, 5.41) is 17.6. The average Bonchev–Trinajstić information content (AvgIpc) is 2.92. The number of hydrogen-bond acceptors (Lipinski definition) is 5. The van der Waals surface area contributed by atoms with E-state index >= 15 is 0 Å². The summed E-state index contributed by atoms with van der Waals surface area (Å²) in [5.74, 6) is 13.9. The minimum atomic E-state index is 0.172. The molecule has 0 spiro atoms. The van der Waals surface area contributed by atoms with Crippen LogP contribution in [0.3, 0.4) is 0 Å².